The van der Waals surface area contributed by atoms with Crippen molar-refractivity contribution in [2.24, 2.45) is 0 Å². The number of aliphatic hydroxyl groups is 1. The maximum absolute atomic E-state index is 8.86. The first-order valence-corrected chi connectivity index (χ1v) is 7.26. The van der Waals surface area contributed by atoms with Gasteiger partial charge in [-0.3, -0.25) is 0 Å². The first-order valence-electron chi connectivity index (χ1n) is 6.46. The van der Waals surface area contributed by atoms with Crippen molar-refractivity contribution >= 4 is 21.6 Å². The topological polar surface area (TPSA) is 32.3 Å². The molecule has 0 spiro atoms. The molecule has 0 heterocycles. The first kappa shape index (κ1) is 14.1. The predicted octanol–water partition coefficient (Wildman–Crippen LogP) is 3.99. The third kappa shape index (κ3) is 4.37. The Balaban J connectivity index is 1.98. The van der Waals surface area contributed by atoms with E-state index in [1.807, 2.05) is 12.1 Å². The molecule has 0 unspecified atom stereocenters. The van der Waals surface area contributed by atoms with Crippen LogP contribution >= 0.6 is 15.9 Å². The van der Waals surface area contributed by atoms with Crippen LogP contribution in [0.4, 0.5) is 5.69 Å². The molecular formula is C16H18BrNO. The fourth-order valence-electron chi connectivity index (χ4n) is 1.96. The summed E-state index contributed by atoms with van der Waals surface area (Å²) in [6.45, 7) is 1.04. The van der Waals surface area contributed by atoms with E-state index in [0.29, 0.717) is 0 Å². The summed E-state index contributed by atoms with van der Waals surface area (Å²) < 4.78 is 1.12. The Morgan fingerprint density at radius 2 is 1.89 bits per heavy atom. The summed E-state index contributed by atoms with van der Waals surface area (Å²) in [6, 6.07) is 16.6. The lowest BCUT2D eigenvalue weighted by Crippen LogP contribution is -2.00. The van der Waals surface area contributed by atoms with E-state index in [9.17, 15) is 0 Å². The first-order chi connectivity index (χ1) is 9.29. The smallest absolute Gasteiger partial charge is 0.0434 e. The van der Waals surface area contributed by atoms with E-state index in [-0.39, 0.29) is 6.61 Å². The van der Waals surface area contributed by atoms with Crippen LogP contribution in [0, 0.1) is 0 Å². The molecule has 2 N–H and O–H groups in total. The van der Waals surface area contributed by atoms with Gasteiger partial charge in [-0.25, -0.2) is 0 Å². The van der Waals surface area contributed by atoms with Gasteiger partial charge in [0.2, 0.25) is 0 Å². The Labute approximate surface area is 122 Å². The van der Waals surface area contributed by atoms with Crippen molar-refractivity contribution in [3.63, 3.8) is 0 Å². The van der Waals surface area contributed by atoms with E-state index in [1.54, 1.807) is 0 Å². The van der Waals surface area contributed by atoms with Crippen molar-refractivity contribution in [1.29, 1.82) is 0 Å². The van der Waals surface area contributed by atoms with Crippen LogP contribution in [0.25, 0.3) is 0 Å². The van der Waals surface area contributed by atoms with E-state index in [2.05, 4.69) is 57.6 Å². The Hall–Kier alpha value is -1.32. The highest BCUT2D eigenvalue weighted by Crippen LogP contribution is 2.18. The predicted molar refractivity (Wildman–Crippen MR) is 83.3 cm³/mol. The monoisotopic (exact) mass is 319 g/mol. The number of hydrogen-bond donors (Lipinski definition) is 2. The van der Waals surface area contributed by atoms with Crippen molar-refractivity contribution in [3.05, 3.63) is 64.1 Å². The molecule has 0 saturated carbocycles. The van der Waals surface area contributed by atoms with Gasteiger partial charge in [0.05, 0.1) is 0 Å². The number of aryl methyl sites for hydroxylation is 1. The van der Waals surface area contributed by atoms with E-state index in [4.69, 9.17) is 5.11 Å². The van der Waals surface area contributed by atoms with Crippen LogP contribution in [0.1, 0.15) is 17.5 Å². The van der Waals surface area contributed by atoms with Crippen LogP contribution in [-0.4, -0.2) is 11.7 Å². The molecular weight excluding hydrogens is 302 g/mol. The molecule has 0 aliphatic carbocycles. The second-order valence-corrected chi connectivity index (χ2v) is 5.33. The van der Waals surface area contributed by atoms with Gasteiger partial charge in [0.1, 0.15) is 0 Å². The summed E-state index contributed by atoms with van der Waals surface area (Å²) >= 11 is 3.55. The van der Waals surface area contributed by atoms with Crippen LogP contribution in [0.3, 0.4) is 0 Å². The van der Waals surface area contributed by atoms with Gasteiger partial charge in [-0.15, -0.1) is 0 Å². The van der Waals surface area contributed by atoms with Gasteiger partial charge < -0.3 is 10.4 Å². The molecule has 100 valence electrons. The quantitative estimate of drug-likeness (QED) is 0.843. The number of anilines is 1. The molecule has 0 aliphatic rings. The average Bonchev–Trinajstić information content (AvgIpc) is 2.45. The largest absolute Gasteiger partial charge is 0.396 e. The zero-order chi connectivity index (χ0) is 13.5. The molecule has 2 rings (SSSR count). The molecule has 0 atom stereocenters. The average molecular weight is 320 g/mol. The molecule has 2 nitrogen and oxygen atoms in total. The van der Waals surface area contributed by atoms with Gasteiger partial charge in [-0.2, -0.15) is 0 Å². The second-order valence-electron chi connectivity index (χ2n) is 4.47. The zero-order valence-corrected chi connectivity index (χ0v) is 12.4. The van der Waals surface area contributed by atoms with E-state index in [0.717, 1.165) is 29.5 Å². The minimum Gasteiger partial charge on any atom is -0.396 e. The normalized spacial score (nSPS) is 10.4. The fourth-order valence-corrected chi connectivity index (χ4v) is 2.38. The van der Waals surface area contributed by atoms with Gasteiger partial charge in [-0.1, -0.05) is 46.3 Å². The fraction of sp³-hybridized carbons (Fsp3) is 0.250. The van der Waals surface area contributed by atoms with Gasteiger partial charge in [0.25, 0.3) is 0 Å². The summed E-state index contributed by atoms with van der Waals surface area (Å²) in [5.41, 5.74) is 3.61. The van der Waals surface area contributed by atoms with Crippen LogP contribution in [0.15, 0.2) is 53.0 Å². The standard InChI is InChI=1S/C16H18BrNO/c17-16-9-2-1-7-14(16)12-18-15-8-3-5-13(11-15)6-4-10-19/h1-3,5,7-9,11,18-19H,4,6,10,12H2. The summed E-state index contributed by atoms with van der Waals surface area (Å²) in [4.78, 5) is 0. The van der Waals surface area contributed by atoms with Crippen molar-refractivity contribution in [2.75, 3.05) is 11.9 Å². The van der Waals surface area contributed by atoms with Crippen molar-refractivity contribution in [2.45, 2.75) is 19.4 Å². The number of rotatable bonds is 6. The van der Waals surface area contributed by atoms with Crippen molar-refractivity contribution in [3.8, 4) is 0 Å². The number of halogens is 1. The SMILES string of the molecule is OCCCc1cccc(NCc2ccccc2Br)c1. The Bertz CT molecular complexity index is 528. The van der Waals surface area contributed by atoms with E-state index >= 15 is 0 Å². The van der Waals surface area contributed by atoms with Gasteiger partial charge in [-0.05, 0) is 42.2 Å². The minimum atomic E-state index is 0.245. The van der Waals surface area contributed by atoms with E-state index < -0.39 is 0 Å². The Morgan fingerprint density at radius 3 is 2.68 bits per heavy atom. The maximum atomic E-state index is 8.86. The van der Waals surface area contributed by atoms with Crippen LogP contribution in [0.2, 0.25) is 0 Å². The summed E-state index contributed by atoms with van der Waals surface area (Å²) in [6.07, 6.45) is 1.73. The number of aliphatic hydroxyl groups excluding tert-OH is 1. The summed E-state index contributed by atoms with van der Waals surface area (Å²) in [7, 11) is 0. The highest BCUT2D eigenvalue weighted by atomic mass is 79.9. The van der Waals surface area contributed by atoms with Gasteiger partial charge in [0, 0.05) is 23.3 Å². The summed E-state index contributed by atoms with van der Waals surface area (Å²) in [5, 5.41) is 12.3. The molecule has 0 saturated heterocycles. The van der Waals surface area contributed by atoms with Crippen molar-refractivity contribution < 1.29 is 5.11 Å². The Morgan fingerprint density at radius 1 is 1.05 bits per heavy atom. The third-order valence-electron chi connectivity index (χ3n) is 2.99. The number of nitrogens with one attached hydrogen (secondary N) is 1. The molecule has 0 amide bonds. The number of benzene rings is 2. The molecule has 0 fully saturated rings. The van der Waals surface area contributed by atoms with Crippen molar-refractivity contribution in [1.82, 2.24) is 0 Å². The van der Waals surface area contributed by atoms with E-state index in [1.165, 1.54) is 11.1 Å². The molecule has 2 aromatic carbocycles. The van der Waals surface area contributed by atoms with Crippen LogP contribution < -0.4 is 5.32 Å². The third-order valence-corrected chi connectivity index (χ3v) is 3.76. The lowest BCUT2D eigenvalue weighted by Gasteiger charge is -2.09. The molecule has 0 radical (unpaired) electrons. The Kier molecular flexibility index (Phi) is 5.43. The lowest BCUT2D eigenvalue weighted by molar-refractivity contribution is 0.288. The number of hydrogen-bond acceptors (Lipinski definition) is 2. The van der Waals surface area contributed by atoms with Crippen LogP contribution in [-0.2, 0) is 13.0 Å². The highest BCUT2D eigenvalue weighted by molar-refractivity contribution is 9.10. The zero-order valence-electron chi connectivity index (χ0n) is 10.8. The highest BCUT2D eigenvalue weighted by Gasteiger charge is 1.99. The maximum Gasteiger partial charge on any atom is 0.0434 e. The molecule has 3 heteroatoms. The summed E-state index contributed by atoms with van der Waals surface area (Å²) in [5.74, 6) is 0. The van der Waals surface area contributed by atoms with Crippen LogP contribution in [0.5, 0.6) is 0 Å². The molecule has 0 aromatic heterocycles. The molecule has 0 bridgehead atoms. The molecule has 2 aromatic rings. The molecule has 19 heavy (non-hydrogen) atoms. The van der Waals surface area contributed by atoms with Gasteiger partial charge >= 0.3 is 0 Å². The second kappa shape index (κ2) is 7.31. The minimum absolute atomic E-state index is 0.245. The molecule has 0 aliphatic heterocycles. The lowest BCUT2D eigenvalue weighted by atomic mass is 10.1. The van der Waals surface area contributed by atoms with Gasteiger partial charge in [0.15, 0.2) is 0 Å².